The molecule has 0 bridgehead atoms. The minimum Gasteiger partial charge on any atom is -0.463 e. The molecule has 382 valence electrons. The third-order valence-corrected chi connectivity index (χ3v) is 12.0. The van der Waals surface area contributed by atoms with Gasteiger partial charge in [0.2, 0.25) is 5.95 Å². The number of imidazole rings is 1. The average Bonchev–Trinajstić information content (AvgIpc) is 4.10. The van der Waals surface area contributed by atoms with Crippen molar-refractivity contribution in [2.45, 2.75) is 123 Å². The number of fused-ring (bicyclic) bond motifs is 3. The van der Waals surface area contributed by atoms with Crippen molar-refractivity contribution in [3.63, 3.8) is 0 Å². The predicted molar refractivity (Wildman–Crippen MR) is 258 cm³/mol. The van der Waals surface area contributed by atoms with Gasteiger partial charge in [-0.15, -0.1) is 0 Å². The number of H-pyrrole nitrogens is 1. The van der Waals surface area contributed by atoms with E-state index in [9.17, 15) is 29.3 Å². The van der Waals surface area contributed by atoms with Crippen LogP contribution in [-0.2, 0) is 47.5 Å². The molecule has 2 aromatic carbocycles. The molecule has 0 amide bonds. The second kappa shape index (κ2) is 19.2. The highest BCUT2D eigenvalue weighted by atomic mass is 16.8. The summed E-state index contributed by atoms with van der Waals surface area (Å²) in [7, 11) is 0. The van der Waals surface area contributed by atoms with Gasteiger partial charge in [0.05, 0.1) is 21.8 Å². The number of hydrogen-bond acceptors (Lipinski definition) is 19. The van der Waals surface area contributed by atoms with E-state index in [1.165, 1.54) is 39.6 Å². The summed E-state index contributed by atoms with van der Waals surface area (Å²) in [4.78, 5) is 78.9. The van der Waals surface area contributed by atoms with E-state index >= 15 is 0 Å². The molecule has 4 saturated heterocycles. The maximum absolute atomic E-state index is 13.7. The smallest absolute Gasteiger partial charge is 0.351 e. The number of nitro groups is 1. The lowest BCUT2D eigenvalue weighted by atomic mass is 9.97. The SMILES string of the molecule is CC(C)C(=O)OC[C@H]1O[C@@H](n2cc(C#Cc3ccc(C#Cc4nc5c(=O)[nH]c(Nc6ccc([N+](=O)[O-])cc6)nc5n4[C@@H]4O[C@H](COC(=O)C(C)(C)C)[C@H]5OC(C)(C)O[C@H]54)cc3)c(N)nc2=O)[C@@H]2OC(C)(C)O[C@@H]21. The van der Waals surface area contributed by atoms with Crippen molar-refractivity contribution in [1.82, 2.24) is 29.1 Å². The summed E-state index contributed by atoms with van der Waals surface area (Å²) in [5, 5.41) is 14.3. The fourth-order valence-corrected chi connectivity index (χ4v) is 8.56. The van der Waals surface area contributed by atoms with Gasteiger partial charge >= 0.3 is 17.6 Å². The molecule has 7 heterocycles. The molecule has 0 radical (unpaired) electrons. The molecule has 8 atom stereocenters. The zero-order valence-electron chi connectivity index (χ0n) is 41.3. The largest absolute Gasteiger partial charge is 0.463 e. The standard InChI is InChI=1S/C50H53N9O14/c1-25(2)44(61)66-23-31-35-37(72-49(6,7)70-35)42(68-31)57-22-28(39(51)54-47(57)63)16-14-26-10-12-27(13-11-26)15-21-33-53-34-40(55-46(56-41(34)60)52-29-17-19-30(20-18-29)59(64)65)58(33)43-38-36(71-50(8,9)73-38)32(69-43)24-67-45(62)48(3,4)5/h10-13,17-20,22,25,31-32,35-38,42-43H,23-24H2,1-9H3,(H2,51,54,63)(H2,52,55,56,60)/t31-,32-,35-,36-,37-,38-,42-,43-/m1/s1. The van der Waals surface area contributed by atoms with Gasteiger partial charge in [-0.2, -0.15) is 9.97 Å². The number of anilines is 3. The second-order valence-corrected chi connectivity index (χ2v) is 20.0. The van der Waals surface area contributed by atoms with Crippen LogP contribution in [0.5, 0.6) is 0 Å². The van der Waals surface area contributed by atoms with Gasteiger partial charge in [0, 0.05) is 35.1 Å². The summed E-state index contributed by atoms with van der Waals surface area (Å²) in [6, 6.07) is 12.4. The Labute approximate surface area is 417 Å². The number of benzene rings is 2. The number of carbonyl (C=O) groups excluding carboxylic acids is 2. The van der Waals surface area contributed by atoms with Gasteiger partial charge in [-0.05, 0) is 90.8 Å². The van der Waals surface area contributed by atoms with Gasteiger partial charge in [-0.25, -0.2) is 9.78 Å². The van der Waals surface area contributed by atoms with E-state index in [0.29, 0.717) is 16.8 Å². The molecule has 4 fully saturated rings. The first-order chi connectivity index (χ1) is 34.4. The van der Waals surface area contributed by atoms with Crippen LogP contribution in [0.4, 0.5) is 23.1 Å². The van der Waals surface area contributed by atoms with Crippen LogP contribution in [0.3, 0.4) is 0 Å². The molecule has 0 aliphatic carbocycles. The van der Waals surface area contributed by atoms with Gasteiger partial charge in [0.15, 0.2) is 41.0 Å². The van der Waals surface area contributed by atoms with Crippen molar-refractivity contribution in [3.8, 4) is 23.7 Å². The molecule has 4 N–H and O–H groups in total. The van der Waals surface area contributed by atoms with Gasteiger partial charge in [-0.1, -0.05) is 31.6 Å². The first-order valence-electron chi connectivity index (χ1n) is 23.4. The van der Waals surface area contributed by atoms with Crippen molar-refractivity contribution in [1.29, 1.82) is 0 Å². The fourth-order valence-electron chi connectivity index (χ4n) is 8.56. The summed E-state index contributed by atoms with van der Waals surface area (Å²) in [5.74, 6) is 8.89. The summed E-state index contributed by atoms with van der Waals surface area (Å²) in [5.41, 5.74) is 5.66. The minimum absolute atomic E-state index is 0.00820. The molecular weight excluding hydrogens is 951 g/mol. The Kier molecular flexibility index (Phi) is 13.2. The van der Waals surface area contributed by atoms with E-state index in [0.717, 1.165) is 0 Å². The van der Waals surface area contributed by atoms with Crippen LogP contribution < -0.4 is 22.3 Å². The van der Waals surface area contributed by atoms with E-state index in [4.69, 9.17) is 48.6 Å². The maximum Gasteiger partial charge on any atom is 0.351 e. The quantitative estimate of drug-likeness (QED) is 0.0759. The molecule has 23 nitrogen and oxygen atoms in total. The van der Waals surface area contributed by atoms with Gasteiger partial charge in [-0.3, -0.25) is 38.6 Å². The fraction of sp³-hybridized carbons (Fsp3) is 0.460. The van der Waals surface area contributed by atoms with Crippen molar-refractivity contribution in [2.75, 3.05) is 24.3 Å². The topological polar surface area (TPSA) is 288 Å². The van der Waals surface area contributed by atoms with Crippen LogP contribution in [0.25, 0.3) is 11.2 Å². The highest BCUT2D eigenvalue weighted by molar-refractivity contribution is 5.76. The third-order valence-electron chi connectivity index (χ3n) is 12.0. The van der Waals surface area contributed by atoms with Crippen LogP contribution in [0.15, 0.2) is 64.3 Å². The lowest BCUT2D eigenvalue weighted by Gasteiger charge is -2.25. The Balaban J connectivity index is 1.01. The predicted octanol–water partition coefficient (Wildman–Crippen LogP) is 4.33. The molecule has 0 unspecified atom stereocenters. The van der Waals surface area contributed by atoms with Gasteiger partial charge in [0.1, 0.15) is 55.7 Å². The molecule has 23 heteroatoms. The molecule has 73 heavy (non-hydrogen) atoms. The number of nitrogens with zero attached hydrogens (tertiary/aromatic N) is 6. The highest BCUT2D eigenvalue weighted by Crippen LogP contribution is 2.45. The van der Waals surface area contributed by atoms with Crippen LogP contribution >= 0.6 is 0 Å². The Morgan fingerprint density at radius 3 is 1.97 bits per heavy atom. The van der Waals surface area contributed by atoms with Crippen molar-refractivity contribution < 1.29 is 52.4 Å². The molecule has 9 rings (SSSR count). The molecule has 5 aromatic rings. The van der Waals surface area contributed by atoms with Crippen molar-refractivity contribution >= 4 is 46.2 Å². The summed E-state index contributed by atoms with van der Waals surface area (Å²) in [6.07, 6.45) is -5.06. The molecule has 4 aliphatic rings. The highest BCUT2D eigenvalue weighted by Gasteiger charge is 2.58. The first kappa shape index (κ1) is 50.4. The van der Waals surface area contributed by atoms with Crippen LogP contribution in [0.2, 0.25) is 0 Å². The molecule has 4 aliphatic heterocycles. The second-order valence-electron chi connectivity index (χ2n) is 20.0. The minimum atomic E-state index is -1.08. The monoisotopic (exact) mass is 1000 g/mol. The van der Waals surface area contributed by atoms with E-state index in [1.54, 1.807) is 86.6 Å². The Hall–Kier alpha value is -7.51. The number of nitrogen functional groups attached to an aromatic ring is 1. The number of rotatable bonds is 10. The number of ether oxygens (including phenoxy) is 8. The number of aromatic amines is 1. The molecule has 3 aromatic heterocycles. The number of hydrogen-bond donors (Lipinski definition) is 3. The van der Waals surface area contributed by atoms with Gasteiger partial charge < -0.3 is 48.9 Å². The van der Waals surface area contributed by atoms with E-state index in [2.05, 4.69) is 44.0 Å². The number of carbonyl (C=O) groups is 2. The molecule has 0 spiro atoms. The van der Waals surface area contributed by atoms with Crippen LogP contribution in [0, 0.1) is 45.1 Å². The van der Waals surface area contributed by atoms with Crippen molar-refractivity contribution in [2.24, 2.45) is 11.3 Å². The number of nitrogens with two attached hydrogens (primary N) is 1. The Morgan fingerprint density at radius 1 is 0.822 bits per heavy atom. The van der Waals surface area contributed by atoms with E-state index in [-0.39, 0.29) is 59.1 Å². The molecular formula is C50H53N9O14. The maximum atomic E-state index is 13.7. The van der Waals surface area contributed by atoms with Crippen LogP contribution in [0.1, 0.15) is 97.3 Å². The van der Waals surface area contributed by atoms with Crippen LogP contribution in [-0.4, -0.2) is 107 Å². The number of esters is 2. The zero-order valence-corrected chi connectivity index (χ0v) is 41.3. The van der Waals surface area contributed by atoms with E-state index < -0.39 is 94.2 Å². The first-order valence-corrected chi connectivity index (χ1v) is 23.4. The third kappa shape index (κ3) is 10.6. The molecule has 0 saturated carbocycles. The summed E-state index contributed by atoms with van der Waals surface area (Å²) >= 11 is 0. The van der Waals surface area contributed by atoms with Gasteiger partial charge in [0.25, 0.3) is 11.2 Å². The lowest BCUT2D eigenvalue weighted by Crippen LogP contribution is -2.35. The zero-order chi connectivity index (χ0) is 52.3. The van der Waals surface area contributed by atoms with E-state index in [1.807, 2.05) is 0 Å². The Bertz CT molecular complexity index is 3240. The van der Waals surface area contributed by atoms with Crippen molar-refractivity contribution in [3.05, 3.63) is 108 Å². The Morgan fingerprint density at radius 2 is 1.38 bits per heavy atom. The lowest BCUT2D eigenvalue weighted by molar-refractivity contribution is -0.384. The average molecular weight is 1000 g/mol. The number of nitrogens with one attached hydrogen (secondary N) is 2. The normalized spacial score (nSPS) is 24.5. The number of non-ortho nitro benzene ring substituents is 1. The summed E-state index contributed by atoms with van der Waals surface area (Å²) < 4.78 is 51.6. The summed E-state index contributed by atoms with van der Waals surface area (Å²) in [6.45, 7) is 15.3. The number of nitro benzene ring substituents is 1. The number of aromatic nitrogens is 6.